The van der Waals surface area contributed by atoms with Crippen LogP contribution in [0.25, 0.3) is 22.8 Å². The topological polar surface area (TPSA) is 97.6 Å². The van der Waals surface area contributed by atoms with Gasteiger partial charge in [0.15, 0.2) is 0 Å². The molecule has 0 spiro atoms. The minimum Gasteiger partial charge on any atom is -0.349 e. The fourth-order valence-corrected chi connectivity index (χ4v) is 5.55. The van der Waals surface area contributed by atoms with E-state index in [1.165, 1.54) is 34.7 Å². The average molecular weight is 563 g/mol. The number of alkyl halides is 3. The molecule has 0 unspecified atom stereocenters. The van der Waals surface area contributed by atoms with Gasteiger partial charge in [-0.25, -0.2) is 9.36 Å². The fraction of sp³-hybridized carbons (Fsp3) is 0.333. The summed E-state index contributed by atoms with van der Waals surface area (Å²) in [6.07, 6.45) is 1.50. The second kappa shape index (κ2) is 11.1. The van der Waals surface area contributed by atoms with Crippen molar-refractivity contribution in [2.75, 3.05) is 0 Å². The lowest BCUT2D eigenvalue weighted by Crippen LogP contribution is -2.39. The van der Waals surface area contributed by atoms with Crippen molar-refractivity contribution in [3.05, 3.63) is 87.8 Å². The number of carbonyl (C=O) groups is 1. The van der Waals surface area contributed by atoms with Crippen molar-refractivity contribution >= 4 is 5.91 Å². The first kappa shape index (κ1) is 28.0. The predicted octanol–water partition coefficient (Wildman–Crippen LogP) is 5.62. The van der Waals surface area contributed by atoms with Gasteiger partial charge in [0, 0.05) is 13.1 Å². The van der Waals surface area contributed by atoms with Crippen molar-refractivity contribution in [2.45, 2.75) is 51.2 Å². The van der Waals surface area contributed by atoms with Gasteiger partial charge < -0.3 is 5.32 Å². The molecule has 8 nitrogen and oxygen atoms in total. The number of benzene rings is 2. The maximum atomic E-state index is 13.9. The fourth-order valence-electron chi connectivity index (χ4n) is 5.55. The van der Waals surface area contributed by atoms with E-state index >= 15 is 0 Å². The van der Waals surface area contributed by atoms with Gasteiger partial charge in [-0.1, -0.05) is 19.4 Å². The highest BCUT2D eigenvalue weighted by atomic mass is 19.4. The van der Waals surface area contributed by atoms with E-state index in [9.17, 15) is 28.0 Å². The molecule has 212 valence electrons. The maximum absolute atomic E-state index is 13.9. The number of nitrogens with one attached hydrogen (secondary N) is 1. The number of hydrogen-bond acceptors (Lipinski definition) is 4. The Morgan fingerprint density at radius 2 is 1.78 bits per heavy atom. The molecule has 1 aliphatic carbocycles. The lowest BCUT2D eigenvalue weighted by molar-refractivity contribution is -0.137. The maximum Gasteiger partial charge on any atom is 0.416 e. The van der Waals surface area contributed by atoms with E-state index in [2.05, 4.69) is 23.4 Å². The monoisotopic (exact) mass is 562 g/mol. The summed E-state index contributed by atoms with van der Waals surface area (Å²) in [4.78, 5) is 27.7. The highest BCUT2D eigenvalue weighted by Gasteiger charge is 2.33. The lowest BCUT2D eigenvalue weighted by atomic mass is 9.84. The molecule has 1 fully saturated rings. The SMILES string of the molecule is CC[C@H]1CC[C@H](NC(=O)c2c(-c3ccnn3-c3ccc(C#N)cc3)n(C)n(-c3cccc(C(F)(F)F)c3)c2=O)CC1. The Hall–Kier alpha value is -4.59. The Kier molecular flexibility index (Phi) is 7.58. The van der Waals surface area contributed by atoms with E-state index in [1.54, 1.807) is 30.3 Å². The van der Waals surface area contributed by atoms with Crippen LogP contribution in [0.4, 0.5) is 13.2 Å². The van der Waals surface area contributed by atoms with Crippen molar-refractivity contribution in [3.8, 4) is 28.8 Å². The molecule has 41 heavy (non-hydrogen) atoms. The number of halogens is 3. The number of aromatic nitrogens is 4. The van der Waals surface area contributed by atoms with Crippen LogP contribution in [0.2, 0.25) is 0 Å². The second-order valence-corrected chi connectivity index (χ2v) is 10.3. The smallest absolute Gasteiger partial charge is 0.349 e. The van der Waals surface area contributed by atoms with Crippen molar-refractivity contribution in [3.63, 3.8) is 0 Å². The van der Waals surface area contributed by atoms with Crippen LogP contribution in [0.1, 0.15) is 60.5 Å². The van der Waals surface area contributed by atoms with E-state index in [0.717, 1.165) is 48.9 Å². The molecule has 1 amide bonds. The summed E-state index contributed by atoms with van der Waals surface area (Å²) in [5, 5.41) is 16.6. The molecule has 11 heteroatoms. The van der Waals surface area contributed by atoms with Crippen molar-refractivity contribution in [2.24, 2.45) is 13.0 Å². The van der Waals surface area contributed by atoms with E-state index in [4.69, 9.17) is 0 Å². The van der Waals surface area contributed by atoms with Gasteiger partial charge in [-0.2, -0.15) is 23.5 Å². The van der Waals surface area contributed by atoms with Crippen LogP contribution >= 0.6 is 0 Å². The Labute approximate surface area is 234 Å². The minimum atomic E-state index is -4.61. The zero-order valence-electron chi connectivity index (χ0n) is 22.7. The first-order chi connectivity index (χ1) is 19.6. The van der Waals surface area contributed by atoms with Gasteiger partial charge in [-0.05, 0) is 80.1 Å². The van der Waals surface area contributed by atoms with E-state index in [1.807, 2.05) is 0 Å². The summed E-state index contributed by atoms with van der Waals surface area (Å²) < 4.78 is 44.6. The third-order valence-electron chi connectivity index (χ3n) is 7.80. The molecule has 1 saturated carbocycles. The summed E-state index contributed by atoms with van der Waals surface area (Å²) in [5.41, 5.74) is -0.247. The van der Waals surface area contributed by atoms with Crippen LogP contribution in [0.15, 0.2) is 65.6 Å². The third kappa shape index (κ3) is 5.42. The lowest BCUT2D eigenvalue weighted by Gasteiger charge is -2.28. The Bertz CT molecular complexity index is 1670. The van der Waals surface area contributed by atoms with Crippen LogP contribution < -0.4 is 10.9 Å². The Balaban J connectivity index is 1.65. The number of amides is 1. The van der Waals surface area contributed by atoms with Gasteiger partial charge in [-0.3, -0.25) is 14.3 Å². The molecule has 0 bridgehead atoms. The quantitative estimate of drug-likeness (QED) is 0.330. The van der Waals surface area contributed by atoms with Gasteiger partial charge in [0.2, 0.25) is 0 Å². The van der Waals surface area contributed by atoms with Crippen molar-refractivity contribution in [1.82, 2.24) is 24.5 Å². The summed E-state index contributed by atoms with van der Waals surface area (Å²) in [7, 11) is 1.52. The molecule has 2 aromatic heterocycles. The molecule has 0 saturated heterocycles. The number of hydrogen-bond donors (Lipinski definition) is 1. The highest BCUT2D eigenvalue weighted by molar-refractivity contribution is 6.00. The van der Waals surface area contributed by atoms with Gasteiger partial charge >= 0.3 is 6.18 Å². The molecular weight excluding hydrogens is 533 g/mol. The van der Waals surface area contributed by atoms with Crippen LogP contribution in [0.5, 0.6) is 0 Å². The summed E-state index contributed by atoms with van der Waals surface area (Å²) in [5.74, 6) is 0.0224. The summed E-state index contributed by atoms with van der Waals surface area (Å²) in [6, 6.07) is 14.6. The van der Waals surface area contributed by atoms with Crippen molar-refractivity contribution < 1.29 is 18.0 Å². The molecular formula is C30H29F3N6O2. The molecule has 5 rings (SSSR count). The van der Waals surface area contributed by atoms with Crippen LogP contribution in [-0.2, 0) is 13.2 Å². The molecule has 4 aromatic rings. The van der Waals surface area contributed by atoms with Crippen LogP contribution in [0, 0.1) is 17.2 Å². The van der Waals surface area contributed by atoms with Gasteiger partial charge in [0.05, 0.1) is 40.5 Å². The highest BCUT2D eigenvalue weighted by Crippen LogP contribution is 2.32. The average Bonchev–Trinajstić information content (AvgIpc) is 3.54. The molecule has 0 atom stereocenters. The van der Waals surface area contributed by atoms with Gasteiger partial charge in [-0.15, -0.1) is 0 Å². The van der Waals surface area contributed by atoms with E-state index in [0.29, 0.717) is 22.9 Å². The molecule has 1 N–H and O–H groups in total. The van der Waals surface area contributed by atoms with E-state index < -0.39 is 23.2 Å². The Morgan fingerprint density at radius 1 is 1.07 bits per heavy atom. The molecule has 2 aromatic carbocycles. The molecule has 1 aliphatic rings. The number of carbonyl (C=O) groups excluding carboxylic acids is 1. The number of rotatable bonds is 6. The van der Waals surface area contributed by atoms with E-state index in [-0.39, 0.29) is 23.0 Å². The molecule has 0 radical (unpaired) electrons. The van der Waals surface area contributed by atoms with Crippen LogP contribution in [-0.4, -0.2) is 31.1 Å². The minimum absolute atomic E-state index is 0.0273. The zero-order valence-corrected chi connectivity index (χ0v) is 22.7. The Morgan fingerprint density at radius 3 is 2.41 bits per heavy atom. The van der Waals surface area contributed by atoms with Crippen LogP contribution in [0.3, 0.4) is 0 Å². The zero-order chi connectivity index (χ0) is 29.3. The van der Waals surface area contributed by atoms with Gasteiger partial charge in [0.1, 0.15) is 11.3 Å². The van der Waals surface area contributed by atoms with Gasteiger partial charge in [0.25, 0.3) is 11.5 Å². The first-order valence-corrected chi connectivity index (χ1v) is 13.5. The second-order valence-electron chi connectivity index (χ2n) is 10.3. The number of nitrogens with zero attached hydrogens (tertiary/aromatic N) is 5. The largest absolute Gasteiger partial charge is 0.416 e. The first-order valence-electron chi connectivity index (χ1n) is 13.5. The number of nitriles is 1. The normalized spacial score (nSPS) is 17.3. The third-order valence-corrected chi connectivity index (χ3v) is 7.80. The molecule has 2 heterocycles. The van der Waals surface area contributed by atoms with Crippen molar-refractivity contribution in [1.29, 1.82) is 5.26 Å². The predicted molar refractivity (Wildman–Crippen MR) is 147 cm³/mol. The standard InChI is InChI=1S/C30H29F3N6O2/c1-3-19-7-11-22(12-8-19)36-28(40)26-27(25-15-16-35-38(25)23-13-9-20(18-34)10-14-23)37(2)39(29(26)41)24-6-4-5-21(17-24)30(31,32)33/h4-6,9-10,13-17,19,22H,3,7-8,11-12H2,1-2H3,(H,36,40)/t19-,22-. The molecule has 0 aliphatic heterocycles. The summed E-state index contributed by atoms with van der Waals surface area (Å²) >= 11 is 0. The summed E-state index contributed by atoms with van der Waals surface area (Å²) in [6.45, 7) is 2.15.